The fraction of sp³-hybridized carbons (Fsp3) is 0.900. The summed E-state index contributed by atoms with van der Waals surface area (Å²) in [5.41, 5.74) is 0. The van der Waals surface area contributed by atoms with Crippen LogP contribution >= 0.6 is 0 Å². The zero-order valence-corrected chi connectivity index (χ0v) is 30.8. The molecule has 0 heterocycles. The number of carbonyl (C=O) groups is 2. The first-order chi connectivity index (χ1) is 23.3. The maximum atomic E-state index is 12.2. The van der Waals surface area contributed by atoms with E-state index < -0.39 is 24.4 Å². The van der Waals surface area contributed by atoms with Gasteiger partial charge in [-0.1, -0.05) is 148 Å². The van der Waals surface area contributed by atoms with Gasteiger partial charge in [0.25, 0.3) is 0 Å². The number of hydrogen-bond donors (Lipinski definition) is 4. The van der Waals surface area contributed by atoms with Crippen LogP contribution in [-0.2, 0) is 19.1 Å². The van der Waals surface area contributed by atoms with E-state index in [0.29, 0.717) is 25.7 Å². The highest BCUT2D eigenvalue weighted by Gasteiger charge is 2.39. The van der Waals surface area contributed by atoms with Crippen molar-refractivity contribution >= 4 is 11.9 Å². The molecule has 48 heavy (non-hydrogen) atoms. The lowest BCUT2D eigenvalue weighted by atomic mass is 9.88. The first-order valence-electron chi connectivity index (χ1n) is 20.0. The first kappa shape index (κ1) is 44.5. The van der Waals surface area contributed by atoms with Crippen LogP contribution in [0.3, 0.4) is 0 Å². The van der Waals surface area contributed by atoms with Gasteiger partial charge in [-0.05, 0) is 31.6 Å². The molecular formula is C40H74O8. The summed E-state index contributed by atoms with van der Waals surface area (Å²) in [7, 11) is 0. The van der Waals surface area contributed by atoms with Crippen LogP contribution in [0.15, 0.2) is 12.2 Å². The van der Waals surface area contributed by atoms with Gasteiger partial charge in [-0.25, -0.2) is 0 Å². The molecule has 0 bridgehead atoms. The molecule has 6 atom stereocenters. The molecule has 4 N–H and O–H groups in total. The van der Waals surface area contributed by atoms with Gasteiger partial charge in [-0.15, -0.1) is 0 Å². The summed E-state index contributed by atoms with van der Waals surface area (Å²) in [6, 6.07) is 0. The molecule has 0 aromatic rings. The topological polar surface area (TPSA) is 134 Å². The molecule has 1 aliphatic carbocycles. The van der Waals surface area contributed by atoms with Crippen molar-refractivity contribution in [2.75, 3.05) is 13.2 Å². The van der Waals surface area contributed by atoms with E-state index in [1.54, 1.807) is 6.08 Å². The number of hydrogen-bond acceptors (Lipinski definition) is 8. The highest BCUT2D eigenvalue weighted by molar-refractivity contribution is 5.70. The Balaban J connectivity index is 2.08. The minimum absolute atomic E-state index is 0.0310. The Morgan fingerprint density at radius 3 is 1.75 bits per heavy atom. The van der Waals surface area contributed by atoms with Crippen molar-refractivity contribution in [2.24, 2.45) is 11.8 Å². The summed E-state index contributed by atoms with van der Waals surface area (Å²) in [4.78, 5) is 24.4. The summed E-state index contributed by atoms with van der Waals surface area (Å²) in [6.45, 7) is 3.87. The summed E-state index contributed by atoms with van der Waals surface area (Å²) < 4.78 is 10.6. The lowest BCUT2D eigenvalue weighted by Crippen LogP contribution is -2.28. The molecule has 0 unspecified atom stereocenters. The van der Waals surface area contributed by atoms with Crippen molar-refractivity contribution in [3.63, 3.8) is 0 Å². The van der Waals surface area contributed by atoms with Gasteiger partial charge in [-0.3, -0.25) is 9.59 Å². The summed E-state index contributed by atoms with van der Waals surface area (Å²) in [5, 5.41) is 40.7. The van der Waals surface area contributed by atoms with E-state index in [-0.39, 0.29) is 43.4 Å². The molecular weight excluding hydrogens is 608 g/mol. The van der Waals surface area contributed by atoms with Crippen molar-refractivity contribution in [3.05, 3.63) is 12.2 Å². The van der Waals surface area contributed by atoms with Gasteiger partial charge in [0, 0.05) is 25.2 Å². The first-order valence-corrected chi connectivity index (χ1v) is 20.0. The molecule has 1 aliphatic rings. The van der Waals surface area contributed by atoms with Crippen LogP contribution in [-0.4, -0.2) is 70.0 Å². The van der Waals surface area contributed by atoms with Gasteiger partial charge in [0.15, 0.2) is 6.10 Å². The predicted molar refractivity (Wildman–Crippen MR) is 193 cm³/mol. The van der Waals surface area contributed by atoms with Gasteiger partial charge < -0.3 is 29.9 Å². The lowest BCUT2D eigenvalue weighted by molar-refractivity contribution is -0.161. The van der Waals surface area contributed by atoms with Crippen LogP contribution in [0.5, 0.6) is 0 Å². The van der Waals surface area contributed by atoms with Crippen molar-refractivity contribution in [3.8, 4) is 0 Å². The third kappa shape index (κ3) is 23.0. The summed E-state index contributed by atoms with van der Waals surface area (Å²) in [5.74, 6) is -0.904. The standard InChI is InChI=1S/C40H74O8/c1-3-5-7-8-9-10-11-12-13-14-15-16-17-23-27-40(46)48-34(31-41)32-47-39(45)26-22-19-18-21-25-35-36(38(44)30-37(35)43)29-28-33(42)24-20-6-4-2/h28-29,33-38,41-44H,3-27,30-32H2,1-2H3/b29-28+/t33-,34-,35+,36+,37-,38+/m0/s1. The fourth-order valence-electron chi connectivity index (χ4n) is 6.83. The quantitative estimate of drug-likeness (QED) is 0.0315. The number of unbranched alkanes of at least 4 members (excludes halogenated alkanes) is 18. The Morgan fingerprint density at radius 2 is 1.19 bits per heavy atom. The third-order valence-corrected chi connectivity index (χ3v) is 9.91. The molecule has 0 spiro atoms. The molecule has 1 rings (SSSR count). The summed E-state index contributed by atoms with van der Waals surface area (Å²) >= 11 is 0. The van der Waals surface area contributed by atoms with Crippen molar-refractivity contribution in [1.29, 1.82) is 0 Å². The number of aliphatic hydroxyl groups is 4. The van der Waals surface area contributed by atoms with Crippen LogP contribution in [0.4, 0.5) is 0 Å². The second-order valence-electron chi connectivity index (χ2n) is 14.3. The molecule has 0 aromatic heterocycles. The molecule has 1 saturated carbocycles. The second-order valence-corrected chi connectivity index (χ2v) is 14.3. The SMILES string of the molecule is CCCCCCCCCCCCCCCCC(=O)O[C@@H](CO)COC(=O)CCCCCC[C@@H]1[C@@H](/C=C/[C@@H](O)CCCCC)[C@H](O)C[C@@H]1O. The van der Waals surface area contributed by atoms with Gasteiger partial charge >= 0.3 is 11.9 Å². The molecule has 0 aliphatic heterocycles. The lowest BCUT2D eigenvalue weighted by Gasteiger charge is -2.21. The van der Waals surface area contributed by atoms with Crippen LogP contribution in [0.25, 0.3) is 0 Å². The molecule has 0 aromatic carbocycles. The number of carbonyl (C=O) groups excluding carboxylic acids is 2. The Hall–Kier alpha value is -1.48. The molecule has 0 amide bonds. The monoisotopic (exact) mass is 683 g/mol. The Labute approximate surface area is 293 Å². The van der Waals surface area contributed by atoms with E-state index in [9.17, 15) is 30.0 Å². The van der Waals surface area contributed by atoms with Crippen molar-refractivity contribution in [2.45, 2.75) is 205 Å². The number of esters is 2. The number of ether oxygens (including phenoxy) is 2. The zero-order chi connectivity index (χ0) is 35.2. The average Bonchev–Trinajstić information content (AvgIpc) is 3.34. The van der Waals surface area contributed by atoms with E-state index >= 15 is 0 Å². The van der Waals surface area contributed by atoms with Gasteiger partial charge in [0.1, 0.15) is 6.61 Å². The second kappa shape index (κ2) is 30.4. The molecule has 0 radical (unpaired) electrons. The predicted octanol–water partition coefficient (Wildman–Crippen LogP) is 8.50. The van der Waals surface area contributed by atoms with E-state index in [2.05, 4.69) is 13.8 Å². The fourth-order valence-corrected chi connectivity index (χ4v) is 6.83. The van der Waals surface area contributed by atoms with Crippen LogP contribution in [0, 0.1) is 11.8 Å². The Kier molecular flexibility index (Phi) is 28.2. The molecule has 1 fully saturated rings. The molecule has 8 nitrogen and oxygen atoms in total. The van der Waals surface area contributed by atoms with Gasteiger partial charge in [-0.2, -0.15) is 0 Å². The van der Waals surface area contributed by atoms with E-state index in [4.69, 9.17) is 9.47 Å². The molecule has 282 valence electrons. The Bertz CT molecular complexity index is 802. The number of rotatable bonds is 32. The van der Waals surface area contributed by atoms with E-state index in [1.807, 2.05) is 6.08 Å². The van der Waals surface area contributed by atoms with Crippen LogP contribution in [0.1, 0.15) is 181 Å². The maximum Gasteiger partial charge on any atom is 0.306 e. The minimum atomic E-state index is -0.833. The highest BCUT2D eigenvalue weighted by Crippen LogP contribution is 2.37. The molecule has 0 saturated heterocycles. The highest BCUT2D eigenvalue weighted by atomic mass is 16.6. The van der Waals surface area contributed by atoms with Crippen molar-refractivity contribution < 1.29 is 39.5 Å². The van der Waals surface area contributed by atoms with Gasteiger partial charge in [0.05, 0.1) is 24.9 Å². The normalized spacial score (nSPS) is 20.7. The van der Waals surface area contributed by atoms with Crippen LogP contribution in [0.2, 0.25) is 0 Å². The third-order valence-electron chi connectivity index (χ3n) is 9.91. The number of aliphatic hydroxyl groups excluding tert-OH is 4. The van der Waals surface area contributed by atoms with E-state index in [0.717, 1.165) is 64.2 Å². The largest absolute Gasteiger partial charge is 0.462 e. The van der Waals surface area contributed by atoms with E-state index in [1.165, 1.54) is 70.6 Å². The maximum absolute atomic E-state index is 12.2. The minimum Gasteiger partial charge on any atom is -0.462 e. The molecule has 8 heteroatoms. The smallest absolute Gasteiger partial charge is 0.306 e. The zero-order valence-electron chi connectivity index (χ0n) is 30.8. The summed E-state index contributed by atoms with van der Waals surface area (Å²) in [6.07, 6.45) is 27.6. The average molecular weight is 683 g/mol. The Morgan fingerprint density at radius 1 is 0.688 bits per heavy atom. The van der Waals surface area contributed by atoms with Crippen molar-refractivity contribution in [1.82, 2.24) is 0 Å². The van der Waals surface area contributed by atoms with Crippen LogP contribution < -0.4 is 0 Å². The van der Waals surface area contributed by atoms with Gasteiger partial charge in [0.2, 0.25) is 0 Å².